The zero-order chi connectivity index (χ0) is 12.1. The van der Waals surface area contributed by atoms with E-state index >= 15 is 0 Å². The standard InChI is InChI=1S/C11H20N4O/c1-7(2)5-8(16)6-14-10-4-3-9(12)11(13)15-10/h3-4,7-8,16H,5-6,12H2,1-2H3,(H3,13,14,15). The minimum atomic E-state index is -0.374. The van der Waals surface area contributed by atoms with Crippen LogP contribution in [0, 0.1) is 5.92 Å². The van der Waals surface area contributed by atoms with Gasteiger partial charge >= 0.3 is 0 Å². The van der Waals surface area contributed by atoms with Gasteiger partial charge in [0.05, 0.1) is 11.8 Å². The molecule has 0 aliphatic carbocycles. The zero-order valence-corrected chi connectivity index (χ0v) is 9.77. The molecule has 6 N–H and O–H groups in total. The fraction of sp³-hybridized carbons (Fsp3) is 0.545. The molecule has 0 aliphatic heterocycles. The number of aromatic nitrogens is 1. The lowest BCUT2D eigenvalue weighted by molar-refractivity contribution is 0.161. The van der Waals surface area contributed by atoms with Crippen LogP contribution in [0.15, 0.2) is 12.1 Å². The molecule has 1 atom stereocenters. The minimum absolute atomic E-state index is 0.309. The average Bonchev–Trinajstić information content (AvgIpc) is 2.19. The maximum atomic E-state index is 9.66. The van der Waals surface area contributed by atoms with E-state index in [1.54, 1.807) is 12.1 Å². The van der Waals surface area contributed by atoms with Crippen LogP contribution >= 0.6 is 0 Å². The molecule has 0 bridgehead atoms. The Morgan fingerprint density at radius 3 is 2.62 bits per heavy atom. The molecule has 1 aromatic rings. The Kier molecular flexibility index (Phi) is 4.37. The highest BCUT2D eigenvalue weighted by Crippen LogP contribution is 2.14. The van der Waals surface area contributed by atoms with Crippen molar-refractivity contribution in [2.75, 3.05) is 23.3 Å². The van der Waals surface area contributed by atoms with E-state index in [4.69, 9.17) is 11.5 Å². The van der Waals surface area contributed by atoms with Crippen LogP contribution in [0.5, 0.6) is 0 Å². The van der Waals surface area contributed by atoms with Crippen LogP contribution in [0.2, 0.25) is 0 Å². The lowest BCUT2D eigenvalue weighted by Gasteiger charge is -2.14. The molecular formula is C11H20N4O. The van der Waals surface area contributed by atoms with Crippen molar-refractivity contribution in [3.05, 3.63) is 12.1 Å². The first-order chi connectivity index (χ1) is 7.49. The Hall–Kier alpha value is -1.49. The van der Waals surface area contributed by atoms with Gasteiger partial charge in [-0.3, -0.25) is 0 Å². The molecule has 0 spiro atoms. The summed E-state index contributed by atoms with van der Waals surface area (Å²) in [6, 6.07) is 3.44. The second-order valence-corrected chi connectivity index (χ2v) is 4.34. The number of nitrogens with one attached hydrogen (secondary N) is 1. The molecule has 0 aliphatic rings. The highest BCUT2D eigenvalue weighted by atomic mass is 16.3. The van der Waals surface area contributed by atoms with Gasteiger partial charge in [0, 0.05) is 6.54 Å². The van der Waals surface area contributed by atoms with Crippen molar-refractivity contribution >= 4 is 17.3 Å². The fourth-order valence-corrected chi connectivity index (χ4v) is 1.43. The summed E-state index contributed by atoms with van der Waals surface area (Å²) in [5.41, 5.74) is 11.6. The molecule has 0 saturated carbocycles. The Morgan fingerprint density at radius 1 is 1.38 bits per heavy atom. The molecule has 0 aromatic carbocycles. The Labute approximate surface area is 95.9 Å². The predicted molar refractivity (Wildman–Crippen MR) is 67.0 cm³/mol. The van der Waals surface area contributed by atoms with E-state index in [9.17, 15) is 5.11 Å². The molecule has 5 nitrogen and oxygen atoms in total. The Bertz CT molecular complexity index is 341. The summed E-state index contributed by atoms with van der Waals surface area (Å²) in [7, 11) is 0. The molecule has 1 aromatic heterocycles. The van der Waals surface area contributed by atoms with Gasteiger partial charge in [0.15, 0.2) is 0 Å². The van der Waals surface area contributed by atoms with Crippen LogP contribution in [0.1, 0.15) is 20.3 Å². The number of aliphatic hydroxyl groups is 1. The molecule has 0 amide bonds. The number of nitrogens with zero attached hydrogens (tertiary/aromatic N) is 1. The van der Waals surface area contributed by atoms with Gasteiger partial charge in [-0.05, 0) is 24.5 Å². The van der Waals surface area contributed by atoms with Gasteiger partial charge in [-0.25, -0.2) is 4.98 Å². The lowest BCUT2D eigenvalue weighted by Crippen LogP contribution is -2.21. The van der Waals surface area contributed by atoms with E-state index in [0.717, 1.165) is 6.42 Å². The monoisotopic (exact) mass is 224 g/mol. The number of aliphatic hydroxyl groups excluding tert-OH is 1. The second-order valence-electron chi connectivity index (χ2n) is 4.34. The highest BCUT2D eigenvalue weighted by molar-refractivity contribution is 5.61. The van der Waals surface area contributed by atoms with Crippen molar-refractivity contribution in [3.8, 4) is 0 Å². The SMILES string of the molecule is CC(C)CC(O)CNc1ccc(N)c(N)n1. The van der Waals surface area contributed by atoms with Gasteiger partial charge in [0.1, 0.15) is 11.6 Å². The van der Waals surface area contributed by atoms with Gasteiger partial charge in [0.25, 0.3) is 0 Å². The highest BCUT2D eigenvalue weighted by Gasteiger charge is 2.07. The van der Waals surface area contributed by atoms with Gasteiger partial charge in [-0.15, -0.1) is 0 Å². The first-order valence-electron chi connectivity index (χ1n) is 5.43. The number of rotatable bonds is 5. The van der Waals surface area contributed by atoms with E-state index in [2.05, 4.69) is 24.1 Å². The van der Waals surface area contributed by atoms with Crippen molar-refractivity contribution in [1.82, 2.24) is 4.98 Å². The topological polar surface area (TPSA) is 97.2 Å². The van der Waals surface area contributed by atoms with E-state index in [0.29, 0.717) is 29.8 Å². The predicted octanol–water partition coefficient (Wildman–Crippen LogP) is 1.06. The van der Waals surface area contributed by atoms with Gasteiger partial charge in [-0.1, -0.05) is 13.8 Å². The first kappa shape index (κ1) is 12.6. The van der Waals surface area contributed by atoms with E-state index in [1.165, 1.54) is 0 Å². The van der Waals surface area contributed by atoms with E-state index < -0.39 is 0 Å². The van der Waals surface area contributed by atoms with Crippen molar-refractivity contribution in [1.29, 1.82) is 0 Å². The molecule has 1 unspecified atom stereocenters. The van der Waals surface area contributed by atoms with Crippen LogP contribution in [-0.2, 0) is 0 Å². The first-order valence-corrected chi connectivity index (χ1v) is 5.43. The third-order valence-electron chi connectivity index (χ3n) is 2.22. The number of pyridine rings is 1. The molecule has 1 rings (SSSR count). The molecule has 1 heterocycles. The Balaban J connectivity index is 2.45. The molecule has 0 radical (unpaired) electrons. The number of hydrogen-bond donors (Lipinski definition) is 4. The molecule has 0 saturated heterocycles. The van der Waals surface area contributed by atoms with E-state index in [-0.39, 0.29) is 6.10 Å². The zero-order valence-electron chi connectivity index (χ0n) is 9.77. The van der Waals surface area contributed by atoms with Gasteiger partial charge in [-0.2, -0.15) is 0 Å². The third-order valence-corrected chi connectivity index (χ3v) is 2.22. The average molecular weight is 224 g/mol. The van der Waals surface area contributed by atoms with E-state index in [1.807, 2.05) is 0 Å². The van der Waals surface area contributed by atoms with Crippen LogP contribution in [0.25, 0.3) is 0 Å². The number of nitrogen functional groups attached to an aromatic ring is 2. The van der Waals surface area contributed by atoms with Gasteiger partial charge < -0.3 is 21.9 Å². The minimum Gasteiger partial charge on any atom is -0.396 e. The smallest absolute Gasteiger partial charge is 0.149 e. The third kappa shape index (κ3) is 3.94. The number of nitrogens with two attached hydrogens (primary N) is 2. The van der Waals surface area contributed by atoms with Crippen molar-refractivity contribution in [2.45, 2.75) is 26.4 Å². The summed E-state index contributed by atoms with van der Waals surface area (Å²) in [4.78, 5) is 4.05. The molecule has 0 fully saturated rings. The lowest BCUT2D eigenvalue weighted by atomic mass is 10.1. The van der Waals surface area contributed by atoms with Crippen LogP contribution < -0.4 is 16.8 Å². The molecular weight excluding hydrogens is 204 g/mol. The maximum Gasteiger partial charge on any atom is 0.149 e. The van der Waals surface area contributed by atoms with Gasteiger partial charge in [0.2, 0.25) is 0 Å². The van der Waals surface area contributed by atoms with Crippen molar-refractivity contribution < 1.29 is 5.11 Å². The molecule has 16 heavy (non-hydrogen) atoms. The summed E-state index contributed by atoms with van der Waals surface area (Å²) in [6.45, 7) is 4.61. The largest absolute Gasteiger partial charge is 0.396 e. The second kappa shape index (κ2) is 5.55. The molecule has 90 valence electrons. The van der Waals surface area contributed by atoms with Crippen LogP contribution in [0.3, 0.4) is 0 Å². The summed E-state index contributed by atoms with van der Waals surface area (Å²) in [6.07, 6.45) is 0.387. The van der Waals surface area contributed by atoms with Crippen molar-refractivity contribution in [2.24, 2.45) is 5.92 Å². The van der Waals surface area contributed by atoms with Crippen LogP contribution in [0.4, 0.5) is 17.3 Å². The maximum absolute atomic E-state index is 9.66. The number of hydrogen-bond acceptors (Lipinski definition) is 5. The number of anilines is 3. The summed E-state index contributed by atoms with van der Waals surface area (Å²) in [5.74, 6) is 1.42. The normalized spacial score (nSPS) is 12.8. The Morgan fingerprint density at radius 2 is 2.06 bits per heavy atom. The fourth-order valence-electron chi connectivity index (χ4n) is 1.43. The van der Waals surface area contributed by atoms with Crippen molar-refractivity contribution in [3.63, 3.8) is 0 Å². The van der Waals surface area contributed by atoms with Crippen LogP contribution in [-0.4, -0.2) is 22.7 Å². The quantitative estimate of drug-likeness (QED) is 0.599. The summed E-state index contributed by atoms with van der Waals surface area (Å²) in [5, 5.41) is 12.7. The summed E-state index contributed by atoms with van der Waals surface area (Å²) < 4.78 is 0. The molecule has 5 heteroatoms. The summed E-state index contributed by atoms with van der Waals surface area (Å²) >= 11 is 0.